The maximum atomic E-state index is 13.2. The minimum Gasteiger partial charge on any atom is -0.457 e. The van der Waals surface area contributed by atoms with E-state index in [1.54, 1.807) is 13.8 Å². The van der Waals surface area contributed by atoms with E-state index in [9.17, 15) is 19.8 Å². The maximum Gasteiger partial charge on any atom is 0.341 e. The van der Waals surface area contributed by atoms with Crippen LogP contribution in [0.15, 0.2) is 11.1 Å². The zero-order chi connectivity index (χ0) is 19.7. The second kappa shape index (κ2) is 5.88. The molecule has 0 aromatic heterocycles. The molecule has 0 amide bonds. The molecule has 0 unspecified atom stereocenters. The Morgan fingerprint density at radius 3 is 2.38 bits per heavy atom. The molecule has 26 heavy (non-hydrogen) atoms. The Balaban J connectivity index is 2.02. The summed E-state index contributed by atoms with van der Waals surface area (Å²) in [5, 5.41) is 22.7. The highest BCUT2D eigenvalue weighted by atomic mass is 16.7. The molecule has 0 aromatic rings. The molecule has 0 radical (unpaired) electrons. The lowest BCUT2D eigenvalue weighted by Crippen LogP contribution is -2.60. The third kappa shape index (κ3) is 2.57. The van der Waals surface area contributed by atoms with Crippen LogP contribution in [-0.2, 0) is 19.1 Å². The first-order valence-corrected chi connectivity index (χ1v) is 9.44. The monoisotopic (exact) mass is 366 g/mol. The number of hydrogen-bond donors (Lipinski definition) is 2. The van der Waals surface area contributed by atoms with Gasteiger partial charge in [-0.1, -0.05) is 19.4 Å². The SMILES string of the molecule is CC1=C2C(=O)[C@H](C(C)C)C[C@@H](OC(=O)[C@]3(C)O[C@@H]3C)[C@](C)(O)[C@]2(O)CC1. The lowest BCUT2D eigenvalue weighted by molar-refractivity contribution is -0.200. The van der Waals surface area contributed by atoms with Crippen molar-refractivity contribution in [3.8, 4) is 0 Å². The number of rotatable bonds is 3. The van der Waals surface area contributed by atoms with Gasteiger partial charge in [0.2, 0.25) is 0 Å². The molecule has 3 aliphatic rings. The van der Waals surface area contributed by atoms with E-state index in [0.29, 0.717) is 12.0 Å². The van der Waals surface area contributed by atoms with Crippen LogP contribution in [0.1, 0.15) is 60.8 Å². The van der Waals surface area contributed by atoms with Gasteiger partial charge in [0.25, 0.3) is 0 Å². The first kappa shape index (κ1) is 19.5. The summed E-state index contributed by atoms with van der Waals surface area (Å²) in [6.07, 6.45) is -0.278. The van der Waals surface area contributed by atoms with Gasteiger partial charge in [0.1, 0.15) is 17.3 Å². The molecule has 0 spiro atoms. The molecule has 146 valence electrons. The molecular formula is C20H30O6. The van der Waals surface area contributed by atoms with Crippen molar-refractivity contribution in [1.82, 2.24) is 0 Å². The van der Waals surface area contributed by atoms with Gasteiger partial charge in [0.15, 0.2) is 11.4 Å². The Bertz CT molecular complexity index is 678. The number of carbonyl (C=O) groups excluding carboxylic acids is 2. The molecule has 2 N–H and O–H groups in total. The third-order valence-corrected chi connectivity index (χ3v) is 6.82. The molecule has 6 nitrogen and oxygen atoms in total. The van der Waals surface area contributed by atoms with Gasteiger partial charge >= 0.3 is 5.97 Å². The average molecular weight is 366 g/mol. The lowest BCUT2D eigenvalue weighted by Gasteiger charge is -2.42. The predicted molar refractivity (Wildman–Crippen MR) is 94.3 cm³/mol. The van der Waals surface area contributed by atoms with Crippen molar-refractivity contribution in [3.05, 3.63) is 11.1 Å². The molecule has 2 aliphatic carbocycles. The number of esters is 1. The molecule has 6 heteroatoms. The molecular weight excluding hydrogens is 336 g/mol. The second-order valence-corrected chi connectivity index (χ2v) is 8.87. The first-order valence-electron chi connectivity index (χ1n) is 9.44. The van der Waals surface area contributed by atoms with Crippen molar-refractivity contribution in [2.24, 2.45) is 11.8 Å². The summed E-state index contributed by atoms with van der Waals surface area (Å²) >= 11 is 0. The van der Waals surface area contributed by atoms with Crippen molar-refractivity contribution in [2.75, 3.05) is 0 Å². The van der Waals surface area contributed by atoms with E-state index in [2.05, 4.69) is 0 Å². The summed E-state index contributed by atoms with van der Waals surface area (Å²) in [5.41, 5.74) is -3.38. The van der Waals surface area contributed by atoms with E-state index in [4.69, 9.17) is 9.47 Å². The zero-order valence-corrected chi connectivity index (χ0v) is 16.5. The highest BCUT2D eigenvalue weighted by Crippen LogP contribution is 2.51. The molecule has 6 atom stereocenters. The quantitative estimate of drug-likeness (QED) is 0.585. The number of hydrogen-bond acceptors (Lipinski definition) is 6. The number of allylic oxidation sites excluding steroid dienone is 1. The fraction of sp³-hybridized carbons (Fsp3) is 0.800. The third-order valence-electron chi connectivity index (χ3n) is 6.82. The highest BCUT2D eigenvalue weighted by molar-refractivity contribution is 6.01. The zero-order valence-electron chi connectivity index (χ0n) is 16.5. The van der Waals surface area contributed by atoms with E-state index < -0.39 is 34.8 Å². The number of Topliss-reactive ketones (excluding diaryl/α,β-unsaturated/α-hetero) is 1. The maximum absolute atomic E-state index is 13.2. The van der Waals surface area contributed by atoms with Gasteiger partial charge in [0, 0.05) is 11.5 Å². The van der Waals surface area contributed by atoms with Gasteiger partial charge in [-0.05, 0) is 52.9 Å². The molecule has 0 aromatic carbocycles. The summed E-state index contributed by atoms with van der Waals surface area (Å²) < 4.78 is 11.0. The van der Waals surface area contributed by atoms with Gasteiger partial charge in [-0.25, -0.2) is 4.79 Å². The number of epoxide rings is 1. The van der Waals surface area contributed by atoms with Crippen LogP contribution < -0.4 is 0 Å². The van der Waals surface area contributed by atoms with Gasteiger partial charge in [-0.3, -0.25) is 4.79 Å². The summed E-state index contributed by atoms with van der Waals surface area (Å²) in [6, 6.07) is 0. The van der Waals surface area contributed by atoms with Crippen molar-refractivity contribution in [1.29, 1.82) is 0 Å². The van der Waals surface area contributed by atoms with Gasteiger partial charge in [0.05, 0.1) is 6.10 Å². The van der Waals surface area contributed by atoms with Crippen LogP contribution in [0.5, 0.6) is 0 Å². The predicted octanol–water partition coefficient (Wildman–Crippen LogP) is 1.91. The topological polar surface area (TPSA) is 96.4 Å². The van der Waals surface area contributed by atoms with Crippen LogP contribution in [-0.4, -0.2) is 51.0 Å². The fourth-order valence-electron chi connectivity index (χ4n) is 4.44. The van der Waals surface area contributed by atoms with E-state index in [-0.39, 0.29) is 30.6 Å². The minimum atomic E-state index is -1.76. The summed E-state index contributed by atoms with van der Waals surface area (Å²) in [5.74, 6) is -1.13. The summed E-state index contributed by atoms with van der Waals surface area (Å²) in [4.78, 5) is 25.8. The molecule has 1 saturated carbocycles. The number of fused-ring (bicyclic) bond motifs is 1. The van der Waals surface area contributed by atoms with Crippen molar-refractivity contribution >= 4 is 11.8 Å². The molecule has 1 saturated heterocycles. The first-order chi connectivity index (χ1) is 11.9. The lowest BCUT2D eigenvalue weighted by atomic mass is 9.76. The normalized spacial score (nSPS) is 45.6. The number of carbonyl (C=O) groups is 2. The molecule has 0 bridgehead atoms. The van der Waals surface area contributed by atoms with Crippen LogP contribution in [0.4, 0.5) is 0 Å². The van der Waals surface area contributed by atoms with E-state index >= 15 is 0 Å². The van der Waals surface area contributed by atoms with Crippen molar-refractivity contribution in [3.63, 3.8) is 0 Å². The molecule has 1 aliphatic heterocycles. The molecule has 1 heterocycles. The van der Waals surface area contributed by atoms with Crippen LogP contribution in [0.2, 0.25) is 0 Å². The fourth-order valence-corrected chi connectivity index (χ4v) is 4.44. The standard InChI is InChI=1S/C20H30O6/c1-10(2)13-9-14(25-17(22)18(5)12(4)26-18)19(6,23)20(24)8-7-11(3)15(20)16(13)21/h10,12-14,23-24H,7-9H2,1-6H3/t12-,13+,14-,18-,19+,20+/m1/s1. The summed E-state index contributed by atoms with van der Waals surface area (Å²) in [6.45, 7) is 10.6. The van der Waals surface area contributed by atoms with E-state index in [1.807, 2.05) is 20.8 Å². The molecule has 2 fully saturated rings. The number of ketones is 1. The van der Waals surface area contributed by atoms with Crippen LogP contribution >= 0.6 is 0 Å². The Morgan fingerprint density at radius 2 is 1.88 bits per heavy atom. The number of ether oxygens (including phenoxy) is 2. The van der Waals surface area contributed by atoms with Crippen LogP contribution in [0.3, 0.4) is 0 Å². The minimum absolute atomic E-state index is 0.00515. The van der Waals surface area contributed by atoms with Gasteiger partial charge in [-0.2, -0.15) is 0 Å². The summed E-state index contributed by atoms with van der Waals surface area (Å²) in [7, 11) is 0. The number of aliphatic hydroxyl groups is 2. The Morgan fingerprint density at radius 1 is 1.31 bits per heavy atom. The van der Waals surface area contributed by atoms with Crippen molar-refractivity contribution < 1.29 is 29.3 Å². The Labute approximate surface area is 154 Å². The Kier molecular flexibility index (Phi) is 4.41. The van der Waals surface area contributed by atoms with Crippen LogP contribution in [0.25, 0.3) is 0 Å². The Hall–Kier alpha value is -1.24. The molecule has 3 rings (SSSR count). The van der Waals surface area contributed by atoms with E-state index in [0.717, 1.165) is 5.57 Å². The average Bonchev–Trinajstić information content (AvgIpc) is 3.04. The largest absolute Gasteiger partial charge is 0.457 e. The van der Waals surface area contributed by atoms with Gasteiger partial charge in [-0.15, -0.1) is 0 Å². The van der Waals surface area contributed by atoms with Gasteiger partial charge < -0.3 is 19.7 Å². The highest BCUT2D eigenvalue weighted by Gasteiger charge is 2.64. The smallest absolute Gasteiger partial charge is 0.341 e. The van der Waals surface area contributed by atoms with Crippen molar-refractivity contribution in [2.45, 2.75) is 89.8 Å². The second-order valence-electron chi connectivity index (χ2n) is 8.87. The van der Waals surface area contributed by atoms with E-state index in [1.165, 1.54) is 6.92 Å². The van der Waals surface area contributed by atoms with Crippen LogP contribution in [0, 0.1) is 11.8 Å².